The lowest BCUT2D eigenvalue weighted by atomic mass is 10.1. The average molecular weight is 430 g/mol. The molecule has 1 aliphatic heterocycles. The molecule has 0 saturated heterocycles. The van der Waals surface area contributed by atoms with Crippen molar-refractivity contribution in [3.05, 3.63) is 40.5 Å². The van der Waals surface area contributed by atoms with Gasteiger partial charge in [-0.2, -0.15) is 0 Å². The monoisotopic (exact) mass is 429 g/mol. The normalized spacial score (nSPS) is 13.1. The molecule has 0 aliphatic carbocycles. The maximum atomic E-state index is 12.9. The van der Waals surface area contributed by atoms with Gasteiger partial charge in [0.05, 0.1) is 16.5 Å². The largest absolute Gasteiger partial charge is 0.385 e. The maximum absolute atomic E-state index is 12.9. The van der Waals surface area contributed by atoms with Gasteiger partial charge in [0.2, 0.25) is 5.91 Å². The van der Waals surface area contributed by atoms with Crippen LogP contribution in [0.5, 0.6) is 0 Å². The molecule has 0 saturated carbocycles. The Bertz CT molecular complexity index is 1000. The Labute approximate surface area is 178 Å². The van der Waals surface area contributed by atoms with Crippen LogP contribution in [0.1, 0.15) is 17.0 Å². The van der Waals surface area contributed by atoms with E-state index in [4.69, 9.17) is 4.74 Å². The fourth-order valence-corrected chi connectivity index (χ4v) is 4.85. The molecule has 3 heterocycles. The number of hydrogen-bond donors (Lipinski definition) is 0. The first-order valence-electron chi connectivity index (χ1n) is 9.51. The zero-order chi connectivity index (χ0) is 20.2. The third-order valence-electron chi connectivity index (χ3n) is 4.84. The Morgan fingerprint density at radius 1 is 1.38 bits per heavy atom. The van der Waals surface area contributed by atoms with Crippen molar-refractivity contribution in [3.63, 3.8) is 0 Å². The molecule has 1 aliphatic rings. The Morgan fingerprint density at radius 3 is 3.07 bits per heavy atom. The van der Waals surface area contributed by atoms with Crippen LogP contribution in [0.25, 0.3) is 11.3 Å². The molecule has 0 fully saturated rings. The fourth-order valence-electron chi connectivity index (χ4n) is 3.41. The molecule has 0 bridgehead atoms. The number of aryl methyl sites for hydroxylation is 2. The number of thioether (sulfide) groups is 1. The van der Waals surface area contributed by atoms with Crippen LogP contribution in [0, 0.1) is 6.92 Å². The van der Waals surface area contributed by atoms with Gasteiger partial charge in [0.15, 0.2) is 5.16 Å². The van der Waals surface area contributed by atoms with Gasteiger partial charge in [-0.15, -0.1) is 21.5 Å². The first kappa shape index (κ1) is 20.1. The molecule has 29 heavy (non-hydrogen) atoms. The highest BCUT2D eigenvalue weighted by atomic mass is 32.2. The summed E-state index contributed by atoms with van der Waals surface area (Å²) in [5, 5.41) is 12.0. The summed E-state index contributed by atoms with van der Waals surface area (Å²) in [6, 6.07) is 6.26. The number of thiazole rings is 1. The number of nitrogens with zero attached hydrogens (tertiary/aromatic N) is 5. The minimum atomic E-state index is 0.0949. The van der Waals surface area contributed by atoms with Crippen LogP contribution in [0.15, 0.2) is 35.1 Å². The number of carbonyl (C=O) groups excluding carboxylic acids is 1. The van der Waals surface area contributed by atoms with Gasteiger partial charge < -0.3 is 14.2 Å². The average Bonchev–Trinajstić information content (AvgIpc) is 3.45. The predicted octanol–water partition coefficient (Wildman–Crippen LogP) is 3.43. The van der Waals surface area contributed by atoms with Crippen LogP contribution in [0.3, 0.4) is 0 Å². The molecule has 152 valence electrons. The van der Waals surface area contributed by atoms with Gasteiger partial charge in [0.1, 0.15) is 6.33 Å². The SMILES string of the molecule is COCCCn1cnnc1SCC(=O)N1CCc2cc(-c3csc(C)n3)ccc21. The van der Waals surface area contributed by atoms with E-state index < -0.39 is 0 Å². The standard InChI is InChI=1S/C20H23N5O2S2/c1-14-22-17(11-28-14)15-4-5-18-16(10-15)6-8-25(18)19(26)12-29-20-23-21-13-24(20)7-3-9-27-2/h4-5,10-11,13H,3,6-9,12H2,1-2H3. The van der Waals surface area contributed by atoms with Gasteiger partial charge in [0, 0.05) is 43.4 Å². The zero-order valence-electron chi connectivity index (χ0n) is 16.5. The number of carbonyl (C=O) groups is 1. The number of hydrogen-bond acceptors (Lipinski definition) is 7. The zero-order valence-corrected chi connectivity index (χ0v) is 18.1. The molecule has 3 aromatic rings. The van der Waals surface area contributed by atoms with Crippen molar-refractivity contribution in [1.29, 1.82) is 0 Å². The van der Waals surface area contributed by atoms with Gasteiger partial charge >= 0.3 is 0 Å². The Morgan fingerprint density at radius 2 is 2.28 bits per heavy atom. The summed E-state index contributed by atoms with van der Waals surface area (Å²) in [6.07, 6.45) is 3.46. The molecular formula is C20H23N5O2S2. The van der Waals surface area contributed by atoms with Gasteiger partial charge in [0.25, 0.3) is 0 Å². The summed E-state index contributed by atoms with van der Waals surface area (Å²) in [5.41, 5.74) is 4.33. The highest BCUT2D eigenvalue weighted by molar-refractivity contribution is 7.99. The number of anilines is 1. The van der Waals surface area contributed by atoms with E-state index in [1.54, 1.807) is 24.8 Å². The molecule has 0 spiro atoms. The number of rotatable bonds is 8. The lowest BCUT2D eigenvalue weighted by Gasteiger charge is -2.17. The van der Waals surface area contributed by atoms with Crippen molar-refractivity contribution < 1.29 is 9.53 Å². The molecule has 0 N–H and O–H groups in total. The van der Waals surface area contributed by atoms with Gasteiger partial charge in [-0.1, -0.05) is 17.8 Å². The van der Waals surface area contributed by atoms with Crippen molar-refractivity contribution in [3.8, 4) is 11.3 Å². The van der Waals surface area contributed by atoms with Crippen LogP contribution < -0.4 is 4.90 Å². The number of aromatic nitrogens is 4. The number of methoxy groups -OCH3 is 1. The predicted molar refractivity (Wildman–Crippen MR) is 116 cm³/mol. The lowest BCUT2D eigenvalue weighted by molar-refractivity contribution is -0.116. The second kappa shape index (κ2) is 9.06. The van der Waals surface area contributed by atoms with E-state index in [1.807, 2.05) is 22.5 Å². The fraction of sp³-hybridized carbons (Fsp3) is 0.400. The first-order chi connectivity index (χ1) is 14.2. The van der Waals surface area contributed by atoms with Crippen LogP contribution in [-0.4, -0.2) is 51.7 Å². The van der Waals surface area contributed by atoms with Crippen LogP contribution in [0.4, 0.5) is 5.69 Å². The molecule has 0 unspecified atom stereocenters. The molecule has 1 aromatic carbocycles. The van der Waals surface area contributed by atoms with Gasteiger partial charge in [-0.05, 0) is 37.5 Å². The molecule has 1 amide bonds. The van der Waals surface area contributed by atoms with Crippen LogP contribution in [-0.2, 0) is 22.5 Å². The molecule has 9 heteroatoms. The second-order valence-electron chi connectivity index (χ2n) is 6.83. The quantitative estimate of drug-likeness (QED) is 0.403. The first-order valence-corrected chi connectivity index (χ1v) is 11.4. The molecule has 4 rings (SSSR count). The van der Waals surface area contributed by atoms with Crippen LogP contribution >= 0.6 is 23.1 Å². The summed E-state index contributed by atoms with van der Waals surface area (Å²) >= 11 is 3.08. The highest BCUT2D eigenvalue weighted by Gasteiger charge is 2.25. The summed E-state index contributed by atoms with van der Waals surface area (Å²) in [4.78, 5) is 19.3. The molecule has 7 nitrogen and oxygen atoms in total. The topological polar surface area (TPSA) is 73.1 Å². The second-order valence-corrected chi connectivity index (χ2v) is 8.84. The van der Waals surface area contributed by atoms with E-state index in [-0.39, 0.29) is 5.91 Å². The summed E-state index contributed by atoms with van der Waals surface area (Å²) < 4.78 is 7.06. The van der Waals surface area contributed by atoms with E-state index in [1.165, 1.54) is 17.3 Å². The van der Waals surface area contributed by atoms with Crippen molar-refractivity contribution in [2.24, 2.45) is 0 Å². The van der Waals surface area contributed by atoms with Crippen molar-refractivity contribution in [2.45, 2.75) is 31.5 Å². The van der Waals surface area contributed by atoms with Gasteiger partial charge in [-0.3, -0.25) is 4.79 Å². The summed E-state index contributed by atoms with van der Waals surface area (Å²) in [6.45, 7) is 4.20. The Hall–Kier alpha value is -2.23. The molecular weight excluding hydrogens is 406 g/mol. The molecule has 0 radical (unpaired) electrons. The Kier molecular flexibility index (Phi) is 6.27. The van der Waals surface area contributed by atoms with E-state index in [0.717, 1.165) is 53.0 Å². The molecule has 2 aromatic heterocycles. The lowest BCUT2D eigenvalue weighted by Crippen LogP contribution is -2.30. The minimum Gasteiger partial charge on any atom is -0.385 e. The number of fused-ring (bicyclic) bond motifs is 1. The van der Waals surface area contributed by atoms with E-state index in [2.05, 4.69) is 32.7 Å². The highest BCUT2D eigenvalue weighted by Crippen LogP contribution is 2.33. The van der Waals surface area contributed by atoms with Gasteiger partial charge in [-0.25, -0.2) is 4.98 Å². The minimum absolute atomic E-state index is 0.0949. The summed E-state index contributed by atoms with van der Waals surface area (Å²) in [5.74, 6) is 0.438. The van der Waals surface area contributed by atoms with Crippen molar-refractivity contribution >= 4 is 34.7 Å². The number of ether oxygens (including phenoxy) is 1. The number of amides is 1. The Balaban J connectivity index is 1.40. The smallest absolute Gasteiger partial charge is 0.237 e. The van der Waals surface area contributed by atoms with E-state index >= 15 is 0 Å². The van der Waals surface area contributed by atoms with Crippen molar-refractivity contribution in [1.82, 2.24) is 19.7 Å². The summed E-state index contributed by atoms with van der Waals surface area (Å²) in [7, 11) is 1.69. The number of benzene rings is 1. The molecule has 0 atom stereocenters. The van der Waals surface area contributed by atoms with E-state index in [0.29, 0.717) is 12.4 Å². The van der Waals surface area contributed by atoms with E-state index in [9.17, 15) is 4.79 Å². The third-order valence-corrected chi connectivity index (χ3v) is 6.58. The third kappa shape index (κ3) is 4.52. The maximum Gasteiger partial charge on any atom is 0.237 e. The van der Waals surface area contributed by atoms with Crippen molar-refractivity contribution in [2.75, 3.05) is 30.9 Å². The van der Waals surface area contributed by atoms with Crippen LogP contribution in [0.2, 0.25) is 0 Å².